The van der Waals surface area contributed by atoms with E-state index in [1.165, 1.54) is 12.1 Å². The summed E-state index contributed by atoms with van der Waals surface area (Å²) in [6, 6.07) is 17.6. The van der Waals surface area contributed by atoms with Crippen molar-refractivity contribution in [2.45, 2.75) is 26.7 Å². The van der Waals surface area contributed by atoms with Crippen LogP contribution in [0.25, 0.3) is 16.6 Å². The van der Waals surface area contributed by atoms with E-state index in [4.69, 9.17) is 4.74 Å². The normalized spacial score (nSPS) is 14.1. The molecule has 1 aliphatic heterocycles. The Bertz CT molecular complexity index is 1480. The Labute approximate surface area is 189 Å². The summed E-state index contributed by atoms with van der Waals surface area (Å²) in [5, 5.41) is 29.6. The Morgan fingerprint density at radius 2 is 2.00 bits per heavy atom. The average Bonchev–Trinajstić information content (AvgIpc) is 3.09. The number of rotatable bonds is 3. The number of aromatic hydroxyl groups is 1. The number of aromatic nitrogens is 2. The first kappa shape index (κ1) is 20.7. The number of halogens is 1. The van der Waals surface area contributed by atoms with E-state index >= 15 is 0 Å². The van der Waals surface area contributed by atoms with E-state index in [1.807, 2.05) is 28.8 Å². The van der Waals surface area contributed by atoms with E-state index in [0.29, 0.717) is 40.3 Å². The van der Waals surface area contributed by atoms with Gasteiger partial charge in [0.05, 0.1) is 11.6 Å². The summed E-state index contributed by atoms with van der Waals surface area (Å²) in [4.78, 5) is 4.37. The van der Waals surface area contributed by atoms with Crippen LogP contribution in [0, 0.1) is 17.1 Å². The standard InChI is InChI=1S/C26H20FN3O3/c1-15(11-28)25-19-7-5-16(9-17(19)14-33-23-10-18(27)6-8-20(23)25)12-30-21-3-2-4-22(32)26(21)29-24(30)13-31/h2-10,31-32H,12-14H2,1H3/b25-15+. The van der Waals surface area contributed by atoms with Gasteiger partial charge in [0, 0.05) is 29.3 Å². The fraction of sp³-hybridized carbons (Fsp3) is 0.154. The van der Waals surface area contributed by atoms with Crippen molar-refractivity contribution in [2.24, 2.45) is 0 Å². The number of hydrogen-bond acceptors (Lipinski definition) is 5. The first-order valence-corrected chi connectivity index (χ1v) is 10.4. The molecule has 5 rings (SSSR count). The third kappa shape index (κ3) is 3.51. The lowest BCUT2D eigenvalue weighted by atomic mass is 9.90. The zero-order chi connectivity index (χ0) is 23.1. The number of phenols is 1. The number of allylic oxidation sites excluding steroid dienone is 1. The number of benzene rings is 3. The fourth-order valence-electron chi connectivity index (χ4n) is 4.35. The van der Waals surface area contributed by atoms with Gasteiger partial charge in [-0.05, 0) is 53.9 Å². The molecule has 0 aliphatic carbocycles. The van der Waals surface area contributed by atoms with Crippen molar-refractivity contribution in [2.75, 3.05) is 0 Å². The molecule has 2 heterocycles. The minimum absolute atomic E-state index is 0.0584. The van der Waals surface area contributed by atoms with E-state index in [1.54, 1.807) is 25.1 Å². The SMILES string of the molecule is C/C(C#N)=C1/c2ccc(Cn3c(CO)nc4c(O)cccc43)cc2COc2cc(F)ccc21. The molecule has 3 aromatic carbocycles. The molecule has 0 amide bonds. The van der Waals surface area contributed by atoms with Crippen LogP contribution >= 0.6 is 0 Å². The van der Waals surface area contributed by atoms with Gasteiger partial charge in [0.2, 0.25) is 0 Å². The Balaban J connectivity index is 1.61. The number of phenolic OH excluding ortho intramolecular Hbond substituents is 1. The lowest BCUT2D eigenvalue weighted by molar-refractivity contribution is 0.267. The molecule has 33 heavy (non-hydrogen) atoms. The highest BCUT2D eigenvalue weighted by molar-refractivity contribution is 5.88. The summed E-state index contributed by atoms with van der Waals surface area (Å²) in [6.07, 6.45) is 0. The lowest BCUT2D eigenvalue weighted by Crippen LogP contribution is -2.06. The van der Waals surface area contributed by atoms with Crippen LogP contribution in [0.3, 0.4) is 0 Å². The molecule has 0 fully saturated rings. The van der Waals surface area contributed by atoms with Gasteiger partial charge in [-0.15, -0.1) is 0 Å². The lowest BCUT2D eigenvalue weighted by Gasteiger charge is -2.14. The number of fused-ring (bicyclic) bond motifs is 3. The molecule has 0 atom stereocenters. The van der Waals surface area contributed by atoms with Gasteiger partial charge < -0.3 is 19.5 Å². The number of imidazole rings is 1. The number of hydrogen-bond donors (Lipinski definition) is 2. The molecule has 4 aromatic rings. The van der Waals surface area contributed by atoms with E-state index in [2.05, 4.69) is 11.1 Å². The largest absolute Gasteiger partial charge is 0.506 e. The van der Waals surface area contributed by atoms with Gasteiger partial charge in [-0.1, -0.05) is 18.2 Å². The predicted molar refractivity (Wildman–Crippen MR) is 121 cm³/mol. The Morgan fingerprint density at radius 1 is 1.18 bits per heavy atom. The van der Waals surface area contributed by atoms with Gasteiger partial charge in [-0.25, -0.2) is 9.37 Å². The zero-order valence-corrected chi connectivity index (χ0v) is 17.8. The van der Waals surface area contributed by atoms with Gasteiger partial charge in [-0.2, -0.15) is 5.26 Å². The summed E-state index contributed by atoms with van der Waals surface area (Å²) in [6.45, 7) is 2.11. The number of ether oxygens (including phenoxy) is 1. The molecule has 0 bridgehead atoms. The van der Waals surface area contributed by atoms with Gasteiger partial charge in [-0.3, -0.25) is 0 Å². The molecule has 0 spiro atoms. The number of nitriles is 1. The highest BCUT2D eigenvalue weighted by Gasteiger charge is 2.22. The molecule has 0 saturated heterocycles. The topological polar surface area (TPSA) is 91.3 Å². The molecule has 164 valence electrons. The van der Waals surface area contributed by atoms with E-state index < -0.39 is 5.82 Å². The monoisotopic (exact) mass is 441 g/mol. The molecule has 1 aliphatic rings. The molecule has 0 radical (unpaired) electrons. The number of para-hydroxylation sites is 1. The predicted octanol–water partition coefficient (Wildman–Crippen LogP) is 4.66. The second-order valence-corrected chi connectivity index (χ2v) is 7.95. The molecule has 1 aromatic heterocycles. The van der Waals surface area contributed by atoms with Crippen LogP contribution in [0.1, 0.15) is 35.0 Å². The molecular weight excluding hydrogens is 421 g/mol. The third-order valence-electron chi connectivity index (χ3n) is 5.90. The second-order valence-electron chi connectivity index (χ2n) is 7.95. The van der Waals surface area contributed by atoms with Crippen LogP contribution < -0.4 is 4.74 Å². The first-order valence-electron chi connectivity index (χ1n) is 10.4. The maximum Gasteiger partial charge on any atom is 0.143 e. The number of aliphatic hydroxyl groups is 1. The molecule has 7 heteroatoms. The van der Waals surface area contributed by atoms with Crippen LogP contribution in [0.5, 0.6) is 11.5 Å². The third-order valence-corrected chi connectivity index (χ3v) is 5.90. The van der Waals surface area contributed by atoms with Crippen molar-refractivity contribution in [1.29, 1.82) is 5.26 Å². The maximum atomic E-state index is 13.9. The van der Waals surface area contributed by atoms with Crippen LogP contribution in [-0.2, 0) is 19.8 Å². The van der Waals surface area contributed by atoms with Gasteiger partial charge in [0.25, 0.3) is 0 Å². The summed E-state index contributed by atoms with van der Waals surface area (Å²) in [5.74, 6) is 0.502. The molecule has 0 unspecified atom stereocenters. The van der Waals surface area contributed by atoms with Crippen LogP contribution in [0.2, 0.25) is 0 Å². The van der Waals surface area contributed by atoms with Crippen molar-refractivity contribution in [3.8, 4) is 17.6 Å². The number of aliphatic hydroxyl groups excluding tert-OH is 1. The van der Waals surface area contributed by atoms with Gasteiger partial charge in [0.15, 0.2) is 0 Å². The van der Waals surface area contributed by atoms with Crippen molar-refractivity contribution in [1.82, 2.24) is 9.55 Å². The number of nitrogens with zero attached hydrogens (tertiary/aromatic N) is 3. The molecule has 0 saturated carbocycles. The van der Waals surface area contributed by atoms with Gasteiger partial charge >= 0.3 is 0 Å². The minimum atomic E-state index is -0.402. The Morgan fingerprint density at radius 3 is 2.79 bits per heavy atom. The molecule has 2 N–H and O–H groups in total. The van der Waals surface area contributed by atoms with Gasteiger partial charge in [0.1, 0.15) is 41.9 Å². The van der Waals surface area contributed by atoms with Crippen molar-refractivity contribution in [3.63, 3.8) is 0 Å². The van der Waals surface area contributed by atoms with E-state index in [-0.39, 0.29) is 19.0 Å². The van der Waals surface area contributed by atoms with Crippen molar-refractivity contribution < 1.29 is 19.3 Å². The molecular formula is C26H20FN3O3. The van der Waals surface area contributed by atoms with Crippen LogP contribution in [-0.4, -0.2) is 19.8 Å². The van der Waals surface area contributed by atoms with Crippen molar-refractivity contribution >= 4 is 16.6 Å². The van der Waals surface area contributed by atoms with Crippen LogP contribution in [0.15, 0.2) is 60.2 Å². The smallest absolute Gasteiger partial charge is 0.143 e. The van der Waals surface area contributed by atoms with E-state index in [0.717, 1.165) is 22.3 Å². The second kappa shape index (κ2) is 8.08. The first-order chi connectivity index (χ1) is 16.0. The summed E-state index contributed by atoms with van der Waals surface area (Å²) >= 11 is 0. The van der Waals surface area contributed by atoms with E-state index in [9.17, 15) is 19.9 Å². The Kier molecular flexibility index (Phi) is 5.08. The Hall–Kier alpha value is -4.15. The minimum Gasteiger partial charge on any atom is -0.506 e. The quantitative estimate of drug-likeness (QED) is 0.451. The summed E-state index contributed by atoms with van der Waals surface area (Å²) in [7, 11) is 0. The maximum absolute atomic E-state index is 13.9. The summed E-state index contributed by atoms with van der Waals surface area (Å²) in [5.41, 5.74) is 5.73. The summed E-state index contributed by atoms with van der Waals surface area (Å²) < 4.78 is 21.6. The fourth-order valence-corrected chi connectivity index (χ4v) is 4.35. The average molecular weight is 441 g/mol. The van der Waals surface area contributed by atoms with Crippen LogP contribution in [0.4, 0.5) is 4.39 Å². The highest BCUT2D eigenvalue weighted by Crippen LogP contribution is 2.39. The molecule has 6 nitrogen and oxygen atoms in total. The zero-order valence-electron chi connectivity index (χ0n) is 17.8. The highest BCUT2D eigenvalue weighted by atomic mass is 19.1. The van der Waals surface area contributed by atoms with Crippen molar-refractivity contribution in [3.05, 3.63) is 94.1 Å².